The Bertz CT molecular complexity index is 307. The molecule has 0 atom stereocenters. The van der Waals surface area contributed by atoms with Gasteiger partial charge in [-0.2, -0.15) is 0 Å². The van der Waals surface area contributed by atoms with E-state index in [9.17, 15) is 5.11 Å². The molecule has 0 saturated carbocycles. The molecule has 1 aromatic carbocycles. The van der Waals surface area contributed by atoms with Gasteiger partial charge in [-0.15, -0.1) is 0 Å². The quantitative estimate of drug-likeness (QED) is 0.656. The van der Waals surface area contributed by atoms with E-state index in [-0.39, 0.29) is 0 Å². The van der Waals surface area contributed by atoms with Crippen molar-refractivity contribution in [2.24, 2.45) is 0 Å². The minimum Gasteiger partial charge on any atom is -0.512 e. The van der Waals surface area contributed by atoms with Gasteiger partial charge in [-0.25, -0.2) is 0 Å². The van der Waals surface area contributed by atoms with E-state index in [0.29, 0.717) is 5.76 Å². The molecule has 1 aromatic rings. The van der Waals surface area contributed by atoms with Crippen LogP contribution in [0.1, 0.15) is 38.8 Å². The molecule has 1 rings (SSSR count). The van der Waals surface area contributed by atoms with E-state index in [1.54, 1.807) is 6.92 Å². The second-order valence-corrected chi connectivity index (χ2v) is 3.03. The highest BCUT2D eigenvalue weighted by Crippen LogP contribution is 2.19. The van der Waals surface area contributed by atoms with E-state index >= 15 is 0 Å². The van der Waals surface area contributed by atoms with E-state index in [4.69, 9.17) is 0 Å². The van der Waals surface area contributed by atoms with Crippen molar-refractivity contribution in [2.75, 3.05) is 0 Å². The molecule has 0 aliphatic rings. The maximum atomic E-state index is 9.28. The molecule has 1 heteroatoms. The average molecular weight is 192 g/mol. The lowest BCUT2D eigenvalue weighted by molar-refractivity contribution is 0.416. The zero-order chi connectivity index (χ0) is 11.1. The highest BCUT2D eigenvalue weighted by atomic mass is 16.3. The van der Waals surface area contributed by atoms with Crippen molar-refractivity contribution in [3.05, 3.63) is 41.2 Å². The SMILES string of the molecule is C/C(O)=C(/C)c1ccccc1C.CC. The summed E-state index contributed by atoms with van der Waals surface area (Å²) in [6.45, 7) is 9.68. The Morgan fingerprint density at radius 2 is 1.57 bits per heavy atom. The zero-order valence-corrected chi connectivity index (χ0v) is 9.76. The molecule has 78 valence electrons. The molecule has 0 aromatic heterocycles. The summed E-state index contributed by atoms with van der Waals surface area (Å²) in [4.78, 5) is 0. The van der Waals surface area contributed by atoms with Crippen molar-refractivity contribution in [1.29, 1.82) is 0 Å². The van der Waals surface area contributed by atoms with Crippen molar-refractivity contribution < 1.29 is 5.11 Å². The standard InChI is InChI=1S/C11H14O.C2H6/c1-8-6-4-5-7-11(8)9(2)10(3)12;1-2/h4-7,12H,1-3H3;1-2H3/b10-9+;. The number of hydrogen-bond acceptors (Lipinski definition) is 1. The lowest BCUT2D eigenvalue weighted by Gasteiger charge is -2.05. The maximum absolute atomic E-state index is 9.28. The van der Waals surface area contributed by atoms with Gasteiger partial charge in [0.1, 0.15) is 0 Å². The molecule has 1 N–H and O–H groups in total. The van der Waals surface area contributed by atoms with Gasteiger partial charge in [0, 0.05) is 0 Å². The minimum absolute atomic E-state index is 0.393. The number of benzene rings is 1. The summed E-state index contributed by atoms with van der Waals surface area (Å²) < 4.78 is 0. The van der Waals surface area contributed by atoms with Gasteiger partial charge < -0.3 is 5.11 Å². The number of aliphatic hydroxyl groups excluding tert-OH is 1. The molecule has 0 heterocycles. The molecule has 0 spiro atoms. The van der Waals surface area contributed by atoms with Gasteiger partial charge in [0.2, 0.25) is 0 Å². The molecule has 0 saturated heterocycles. The van der Waals surface area contributed by atoms with Gasteiger partial charge in [0.25, 0.3) is 0 Å². The molecule has 0 radical (unpaired) electrons. The number of aliphatic hydroxyl groups is 1. The summed E-state index contributed by atoms with van der Waals surface area (Å²) >= 11 is 0. The zero-order valence-electron chi connectivity index (χ0n) is 9.76. The fourth-order valence-electron chi connectivity index (χ4n) is 1.19. The summed E-state index contributed by atoms with van der Waals surface area (Å²) in [5.74, 6) is 0.393. The fourth-order valence-corrected chi connectivity index (χ4v) is 1.19. The van der Waals surface area contributed by atoms with Crippen molar-refractivity contribution in [3.63, 3.8) is 0 Å². The summed E-state index contributed by atoms with van der Waals surface area (Å²) in [5.41, 5.74) is 3.27. The van der Waals surface area contributed by atoms with Gasteiger partial charge in [-0.3, -0.25) is 0 Å². The van der Waals surface area contributed by atoms with E-state index in [0.717, 1.165) is 11.1 Å². The summed E-state index contributed by atoms with van der Waals surface area (Å²) in [6.07, 6.45) is 0. The van der Waals surface area contributed by atoms with Gasteiger partial charge >= 0.3 is 0 Å². The molecule has 0 fully saturated rings. The van der Waals surface area contributed by atoms with Gasteiger partial charge in [-0.05, 0) is 37.5 Å². The number of aryl methyl sites for hydroxylation is 1. The third kappa shape index (κ3) is 3.25. The lowest BCUT2D eigenvalue weighted by Crippen LogP contribution is -1.87. The average Bonchev–Trinajstić information content (AvgIpc) is 2.20. The Morgan fingerprint density at radius 1 is 1.07 bits per heavy atom. The number of rotatable bonds is 1. The predicted octanol–water partition coefficient (Wildman–Crippen LogP) is 4.33. The Balaban J connectivity index is 0.000000791. The Hall–Kier alpha value is -1.24. The second kappa shape index (κ2) is 6.25. The summed E-state index contributed by atoms with van der Waals surface area (Å²) in [7, 11) is 0. The Kier molecular flexibility index (Phi) is 5.70. The molecule has 1 nitrogen and oxygen atoms in total. The van der Waals surface area contributed by atoms with E-state index in [2.05, 4.69) is 0 Å². The predicted molar refractivity (Wildman–Crippen MR) is 63.4 cm³/mol. The highest BCUT2D eigenvalue weighted by Gasteiger charge is 2.01. The second-order valence-electron chi connectivity index (χ2n) is 3.03. The van der Waals surface area contributed by atoms with Crippen LogP contribution < -0.4 is 0 Å². The molecule has 14 heavy (non-hydrogen) atoms. The van der Waals surface area contributed by atoms with Crippen LogP contribution in [0, 0.1) is 6.92 Å². The molecule has 0 aliphatic heterocycles. The molecule has 0 aliphatic carbocycles. The largest absolute Gasteiger partial charge is 0.512 e. The first-order valence-corrected chi connectivity index (χ1v) is 5.05. The lowest BCUT2D eigenvalue weighted by atomic mass is 10.0. The maximum Gasteiger partial charge on any atom is 0.0926 e. The van der Waals surface area contributed by atoms with Crippen LogP contribution in [-0.2, 0) is 0 Å². The van der Waals surface area contributed by atoms with Crippen molar-refractivity contribution in [2.45, 2.75) is 34.6 Å². The first-order chi connectivity index (χ1) is 6.63. The van der Waals surface area contributed by atoms with Crippen LogP contribution in [0.3, 0.4) is 0 Å². The van der Waals surface area contributed by atoms with Crippen LogP contribution >= 0.6 is 0 Å². The van der Waals surface area contributed by atoms with Crippen LogP contribution in [0.2, 0.25) is 0 Å². The third-order valence-electron chi connectivity index (χ3n) is 2.09. The normalized spacial score (nSPS) is 11.2. The Labute approximate surface area is 87.1 Å². The topological polar surface area (TPSA) is 20.2 Å². The van der Waals surface area contributed by atoms with Crippen LogP contribution in [0.4, 0.5) is 0 Å². The van der Waals surface area contributed by atoms with Crippen molar-refractivity contribution >= 4 is 5.57 Å². The first kappa shape index (κ1) is 12.8. The number of hydrogen-bond donors (Lipinski definition) is 1. The molecule has 0 bridgehead atoms. The van der Waals surface area contributed by atoms with Crippen molar-refractivity contribution in [1.82, 2.24) is 0 Å². The molecular formula is C13H20O. The van der Waals surface area contributed by atoms with Crippen LogP contribution in [0.15, 0.2) is 30.0 Å². The van der Waals surface area contributed by atoms with E-state index in [1.807, 2.05) is 52.0 Å². The van der Waals surface area contributed by atoms with Crippen LogP contribution in [0.25, 0.3) is 5.57 Å². The van der Waals surface area contributed by atoms with Crippen molar-refractivity contribution in [3.8, 4) is 0 Å². The van der Waals surface area contributed by atoms with E-state index in [1.165, 1.54) is 5.56 Å². The summed E-state index contributed by atoms with van der Waals surface area (Å²) in [5, 5.41) is 9.28. The number of allylic oxidation sites excluding steroid dienone is 2. The van der Waals surface area contributed by atoms with Gasteiger partial charge in [0.15, 0.2) is 0 Å². The van der Waals surface area contributed by atoms with Crippen LogP contribution in [-0.4, -0.2) is 5.11 Å². The smallest absolute Gasteiger partial charge is 0.0926 e. The molecule has 0 amide bonds. The van der Waals surface area contributed by atoms with Gasteiger partial charge in [-0.1, -0.05) is 38.1 Å². The van der Waals surface area contributed by atoms with Crippen LogP contribution in [0.5, 0.6) is 0 Å². The Morgan fingerprint density at radius 3 is 2.00 bits per heavy atom. The van der Waals surface area contributed by atoms with Gasteiger partial charge in [0.05, 0.1) is 5.76 Å². The minimum atomic E-state index is 0.393. The monoisotopic (exact) mass is 192 g/mol. The van der Waals surface area contributed by atoms with E-state index < -0.39 is 0 Å². The third-order valence-corrected chi connectivity index (χ3v) is 2.09. The molecule has 0 unspecified atom stereocenters. The highest BCUT2D eigenvalue weighted by molar-refractivity contribution is 5.67. The first-order valence-electron chi connectivity index (χ1n) is 5.05. The summed E-state index contributed by atoms with van der Waals surface area (Å²) in [6, 6.07) is 8.04. The fraction of sp³-hybridized carbons (Fsp3) is 0.385. The molecular weight excluding hydrogens is 172 g/mol.